The fourth-order valence-electron chi connectivity index (χ4n) is 10.8. The first-order valence-corrected chi connectivity index (χ1v) is 21.2. The van der Waals surface area contributed by atoms with E-state index in [-0.39, 0.29) is 57.6 Å². The van der Waals surface area contributed by atoms with Gasteiger partial charge >= 0.3 is 17.9 Å². The molecule has 0 aliphatic heterocycles. The molecule has 13 nitrogen and oxygen atoms in total. The third kappa shape index (κ3) is 7.50. The summed E-state index contributed by atoms with van der Waals surface area (Å²) >= 11 is 0. The fourth-order valence-corrected chi connectivity index (χ4v) is 10.8. The molecule has 2 aromatic heterocycles. The summed E-state index contributed by atoms with van der Waals surface area (Å²) < 4.78 is 34.9. The van der Waals surface area contributed by atoms with Crippen LogP contribution in [0, 0.1) is 17.8 Å². The number of rotatable bonds is 13. The molecule has 0 radical (unpaired) electrons. The van der Waals surface area contributed by atoms with Gasteiger partial charge in [0.2, 0.25) is 11.5 Å². The zero-order valence-electron chi connectivity index (χ0n) is 34.7. The topological polar surface area (TPSA) is 189 Å². The van der Waals surface area contributed by atoms with Gasteiger partial charge in [-0.05, 0) is 138 Å². The highest BCUT2D eigenvalue weighted by Crippen LogP contribution is 2.62. The number of hydrogen-bond donors (Lipinski definition) is 2. The SMILES string of the molecule is COc1ccc(-c2ccc3cc(C(=O)OC(COc4cccc5oc(C(=O)O)cc(=O)c45)COc4cccc5oc(C(=O)O)cc(=O)c45)ccc3c2)cc1C12CC3CC(CC(C3)C1)C2. The van der Waals surface area contributed by atoms with Crippen LogP contribution < -0.4 is 25.1 Å². The first kappa shape index (κ1) is 40.6. The van der Waals surface area contributed by atoms with Crippen LogP contribution in [0.1, 0.15) is 75.6 Å². The van der Waals surface area contributed by atoms with Crippen LogP contribution >= 0.6 is 0 Å². The van der Waals surface area contributed by atoms with Crippen molar-refractivity contribution in [2.24, 2.45) is 17.8 Å². The smallest absolute Gasteiger partial charge is 0.371 e. The Bertz CT molecular complexity index is 3010. The predicted octanol–water partition coefficient (Wildman–Crippen LogP) is 9.28. The molecule has 2 heterocycles. The molecular weight excluding hydrogens is 821 g/mol. The van der Waals surface area contributed by atoms with Gasteiger partial charge in [0.15, 0.2) is 17.0 Å². The van der Waals surface area contributed by atoms with Crippen LogP contribution in [0.15, 0.2) is 122 Å². The van der Waals surface area contributed by atoms with Crippen LogP contribution in [0.5, 0.6) is 17.2 Å². The molecule has 4 aliphatic rings. The summed E-state index contributed by atoms with van der Waals surface area (Å²) in [5.74, 6) is -1.19. The number of methoxy groups -OCH3 is 1. The molecule has 4 saturated carbocycles. The van der Waals surface area contributed by atoms with Crippen LogP contribution in [0.4, 0.5) is 0 Å². The molecule has 7 aromatic rings. The molecule has 324 valence electrons. The molecule has 4 aliphatic carbocycles. The maximum absolute atomic E-state index is 13.9. The fraction of sp³-hybridized carbons (Fsp3) is 0.275. The summed E-state index contributed by atoms with van der Waals surface area (Å²) in [6.45, 7) is -0.699. The van der Waals surface area contributed by atoms with Crippen molar-refractivity contribution >= 4 is 50.6 Å². The molecule has 0 spiro atoms. The van der Waals surface area contributed by atoms with Crippen molar-refractivity contribution in [2.75, 3.05) is 20.3 Å². The minimum absolute atomic E-state index is 0.0214. The molecule has 0 amide bonds. The minimum atomic E-state index is -1.41. The monoisotopic (exact) mass is 862 g/mol. The van der Waals surface area contributed by atoms with E-state index in [4.69, 9.17) is 27.8 Å². The highest BCUT2D eigenvalue weighted by Gasteiger charge is 2.52. The number of esters is 1. The van der Waals surface area contributed by atoms with Gasteiger partial charge in [0.1, 0.15) is 52.4 Å². The van der Waals surface area contributed by atoms with Gasteiger partial charge in [-0.3, -0.25) is 9.59 Å². The van der Waals surface area contributed by atoms with E-state index in [9.17, 15) is 34.2 Å². The molecule has 4 fully saturated rings. The maximum Gasteiger partial charge on any atom is 0.371 e. The molecule has 64 heavy (non-hydrogen) atoms. The molecule has 5 aromatic carbocycles. The molecule has 0 saturated heterocycles. The normalized spacial score (nSPS) is 19.9. The summed E-state index contributed by atoms with van der Waals surface area (Å²) in [6.07, 6.45) is 6.59. The van der Waals surface area contributed by atoms with Crippen LogP contribution in [-0.4, -0.2) is 54.5 Å². The van der Waals surface area contributed by atoms with Gasteiger partial charge in [-0.25, -0.2) is 14.4 Å². The van der Waals surface area contributed by atoms with Gasteiger partial charge in [0, 0.05) is 17.7 Å². The summed E-state index contributed by atoms with van der Waals surface area (Å²) in [4.78, 5) is 63.1. The maximum atomic E-state index is 13.9. The summed E-state index contributed by atoms with van der Waals surface area (Å²) in [5, 5.41) is 20.5. The Morgan fingerprint density at radius 1 is 0.641 bits per heavy atom. The Morgan fingerprint density at radius 3 is 1.70 bits per heavy atom. The van der Waals surface area contributed by atoms with Crippen LogP contribution in [0.2, 0.25) is 0 Å². The van der Waals surface area contributed by atoms with Crippen molar-refractivity contribution < 1.29 is 52.4 Å². The van der Waals surface area contributed by atoms with E-state index in [1.165, 1.54) is 80.5 Å². The van der Waals surface area contributed by atoms with E-state index < -0.39 is 46.4 Å². The molecule has 0 atom stereocenters. The minimum Gasteiger partial charge on any atom is -0.496 e. The average molecular weight is 863 g/mol. The second-order valence-electron chi connectivity index (χ2n) is 17.4. The summed E-state index contributed by atoms with van der Waals surface area (Å²) in [5.41, 5.74) is 2.52. The number of benzene rings is 5. The number of hydrogen-bond acceptors (Lipinski definition) is 11. The molecule has 0 unspecified atom stereocenters. The van der Waals surface area contributed by atoms with Crippen molar-refractivity contribution in [1.29, 1.82) is 0 Å². The van der Waals surface area contributed by atoms with Gasteiger partial charge in [-0.2, -0.15) is 0 Å². The lowest BCUT2D eigenvalue weighted by Crippen LogP contribution is -2.48. The summed E-state index contributed by atoms with van der Waals surface area (Å²) in [6, 6.07) is 28.5. The van der Waals surface area contributed by atoms with Gasteiger partial charge in [-0.15, -0.1) is 0 Å². The first-order valence-electron chi connectivity index (χ1n) is 21.2. The standard InChI is InChI=1S/C51H42O13/c1-59-39-13-12-33(19-36(39)51-22-27-14-28(23-51)16-29(15-27)24-51)31-8-9-32-18-34(11-10-30(32)17-31)50(58)62-35(25-60-40-4-2-6-42-46(40)37(52)20-44(63-42)48(54)55)26-61-41-5-3-7-43-47(41)38(53)21-45(64-43)49(56)57/h2-13,17-21,27-29,35H,14-16,22-26H2,1H3,(H,54,55)(H,56,57). The molecule has 4 bridgehead atoms. The third-order valence-electron chi connectivity index (χ3n) is 13.2. The Morgan fingerprint density at radius 2 is 1.16 bits per heavy atom. The van der Waals surface area contributed by atoms with E-state index in [1.54, 1.807) is 19.2 Å². The highest BCUT2D eigenvalue weighted by atomic mass is 16.6. The number of fused-ring (bicyclic) bond motifs is 3. The molecule has 2 N–H and O–H groups in total. The van der Waals surface area contributed by atoms with Crippen LogP contribution in [-0.2, 0) is 10.2 Å². The van der Waals surface area contributed by atoms with Gasteiger partial charge < -0.3 is 38.0 Å². The largest absolute Gasteiger partial charge is 0.496 e. The number of carbonyl (C=O) groups excluding carboxylic acids is 1. The van der Waals surface area contributed by atoms with E-state index in [1.807, 2.05) is 18.2 Å². The first-order chi connectivity index (χ1) is 30.9. The van der Waals surface area contributed by atoms with Gasteiger partial charge in [0.05, 0.1) is 12.7 Å². The highest BCUT2D eigenvalue weighted by molar-refractivity contribution is 5.97. The third-order valence-corrected chi connectivity index (χ3v) is 13.2. The lowest BCUT2D eigenvalue weighted by Gasteiger charge is -2.57. The number of carboxylic acids is 2. The Balaban J connectivity index is 0.920. The van der Waals surface area contributed by atoms with Gasteiger partial charge in [-0.1, -0.05) is 36.4 Å². The lowest BCUT2D eigenvalue weighted by atomic mass is 9.48. The second kappa shape index (κ2) is 16.1. The molecular formula is C51H42O13. The zero-order chi connectivity index (χ0) is 44.3. The Hall–Kier alpha value is -7.41. The zero-order valence-corrected chi connectivity index (χ0v) is 34.7. The number of carbonyl (C=O) groups is 3. The van der Waals surface area contributed by atoms with Gasteiger partial charge in [0.25, 0.3) is 0 Å². The van der Waals surface area contributed by atoms with E-state index in [0.29, 0.717) is 0 Å². The number of aromatic carboxylic acids is 2. The lowest BCUT2D eigenvalue weighted by molar-refractivity contribution is -0.00614. The summed E-state index contributed by atoms with van der Waals surface area (Å²) in [7, 11) is 1.76. The van der Waals surface area contributed by atoms with E-state index in [0.717, 1.165) is 57.5 Å². The Labute approximate surface area is 364 Å². The second-order valence-corrected chi connectivity index (χ2v) is 17.4. The molecule has 11 rings (SSSR count). The number of carboxylic acid groups (broad SMARTS) is 2. The Kier molecular flexibility index (Phi) is 10.2. The van der Waals surface area contributed by atoms with Crippen LogP contribution in [0.3, 0.4) is 0 Å². The van der Waals surface area contributed by atoms with Crippen molar-refractivity contribution in [1.82, 2.24) is 0 Å². The quantitative estimate of drug-likeness (QED) is 0.104. The predicted molar refractivity (Wildman–Crippen MR) is 235 cm³/mol. The number of ether oxygens (including phenoxy) is 4. The van der Waals surface area contributed by atoms with E-state index >= 15 is 0 Å². The molecule has 13 heteroatoms. The average Bonchev–Trinajstić information content (AvgIpc) is 3.28. The van der Waals surface area contributed by atoms with E-state index in [2.05, 4.69) is 24.3 Å². The van der Waals surface area contributed by atoms with Crippen molar-refractivity contribution in [2.45, 2.75) is 50.0 Å². The van der Waals surface area contributed by atoms with Crippen molar-refractivity contribution in [3.05, 3.63) is 146 Å². The van der Waals surface area contributed by atoms with Crippen molar-refractivity contribution in [3.63, 3.8) is 0 Å². The van der Waals surface area contributed by atoms with Crippen LogP contribution in [0.25, 0.3) is 43.8 Å². The van der Waals surface area contributed by atoms with Crippen molar-refractivity contribution in [3.8, 4) is 28.4 Å².